The van der Waals surface area contributed by atoms with Crippen LogP contribution in [-0.4, -0.2) is 43.8 Å². The predicted molar refractivity (Wildman–Crippen MR) is 107 cm³/mol. The lowest BCUT2D eigenvalue weighted by Gasteiger charge is -2.21. The van der Waals surface area contributed by atoms with Crippen LogP contribution in [0, 0.1) is 0 Å². The van der Waals surface area contributed by atoms with Gasteiger partial charge in [-0.15, -0.1) is 0 Å². The Hall–Kier alpha value is -1.66. The Kier molecular flexibility index (Phi) is 6.48. The van der Waals surface area contributed by atoms with Gasteiger partial charge in [0.2, 0.25) is 10.0 Å². The summed E-state index contributed by atoms with van der Waals surface area (Å²) >= 11 is 5.93. The molecule has 0 bridgehead atoms. The fourth-order valence-electron chi connectivity index (χ4n) is 3.02. The first-order valence-electron chi connectivity index (χ1n) is 8.73. The minimum atomic E-state index is -3.40. The highest BCUT2D eigenvalue weighted by Crippen LogP contribution is 2.15. The van der Waals surface area contributed by atoms with E-state index in [2.05, 4.69) is 4.90 Å². The number of halogens is 1. The zero-order chi connectivity index (χ0) is 18.4. The molecule has 1 heterocycles. The first-order chi connectivity index (χ1) is 12.5. The van der Waals surface area contributed by atoms with Gasteiger partial charge in [0.1, 0.15) is 0 Å². The Balaban J connectivity index is 1.60. The van der Waals surface area contributed by atoms with Crippen molar-refractivity contribution in [2.45, 2.75) is 13.0 Å². The van der Waals surface area contributed by atoms with Crippen molar-refractivity contribution in [1.82, 2.24) is 9.21 Å². The van der Waals surface area contributed by atoms with Crippen LogP contribution in [0.5, 0.6) is 0 Å². The van der Waals surface area contributed by atoms with Crippen LogP contribution in [-0.2, 0) is 16.6 Å². The summed E-state index contributed by atoms with van der Waals surface area (Å²) in [6.07, 6.45) is 2.48. The van der Waals surface area contributed by atoms with E-state index in [0.29, 0.717) is 13.1 Å². The third-order valence-corrected chi connectivity index (χ3v) is 6.28. The maximum atomic E-state index is 12.6. The van der Waals surface area contributed by atoms with E-state index < -0.39 is 10.0 Å². The van der Waals surface area contributed by atoms with E-state index in [-0.39, 0.29) is 0 Å². The first-order valence-corrected chi connectivity index (χ1v) is 10.6. The Bertz CT molecular complexity index is 836. The molecule has 0 saturated carbocycles. The second-order valence-corrected chi connectivity index (χ2v) is 8.67. The average Bonchev–Trinajstić information content (AvgIpc) is 2.89. The summed E-state index contributed by atoms with van der Waals surface area (Å²) in [5.74, 6) is 0. The molecule has 0 atom stereocenters. The largest absolute Gasteiger partial charge is 0.298 e. The number of benzene rings is 2. The Morgan fingerprint density at radius 2 is 1.65 bits per heavy atom. The van der Waals surface area contributed by atoms with Crippen LogP contribution >= 0.6 is 11.6 Å². The van der Waals surface area contributed by atoms with E-state index in [1.165, 1.54) is 11.0 Å². The van der Waals surface area contributed by atoms with Crippen molar-refractivity contribution in [1.29, 1.82) is 0 Å². The van der Waals surface area contributed by atoms with Gasteiger partial charge in [-0.25, -0.2) is 8.42 Å². The third-order valence-electron chi connectivity index (χ3n) is 4.46. The number of rotatable bonds is 5. The second kappa shape index (κ2) is 8.82. The van der Waals surface area contributed by atoms with Gasteiger partial charge in [0.05, 0.1) is 0 Å². The van der Waals surface area contributed by atoms with Gasteiger partial charge in [-0.1, -0.05) is 54.1 Å². The highest BCUT2D eigenvalue weighted by atomic mass is 35.5. The van der Waals surface area contributed by atoms with Gasteiger partial charge in [0, 0.05) is 36.6 Å². The van der Waals surface area contributed by atoms with E-state index in [0.717, 1.165) is 36.6 Å². The van der Waals surface area contributed by atoms with Crippen LogP contribution in [0.4, 0.5) is 0 Å². The maximum absolute atomic E-state index is 12.6. The SMILES string of the molecule is O=S(=O)(/C=C/c1ccccc1)N1CCCN(Cc2ccc(Cl)cc2)CC1. The van der Waals surface area contributed by atoms with Gasteiger partial charge in [-0.05, 0) is 42.3 Å². The number of hydrogen-bond donors (Lipinski definition) is 0. The molecule has 2 aromatic rings. The maximum Gasteiger partial charge on any atom is 0.236 e. The van der Waals surface area contributed by atoms with E-state index in [1.54, 1.807) is 10.4 Å². The highest BCUT2D eigenvalue weighted by Gasteiger charge is 2.23. The molecule has 1 saturated heterocycles. The lowest BCUT2D eigenvalue weighted by molar-refractivity contribution is 0.279. The van der Waals surface area contributed by atoms with E-state index in [1.807, 2.05) is 54.6 Å². The van der Waals surface area contributed by atoms with Crippen LogP contribution < -0.4 is 0 Å². The molecule has 3 rings (SSSR count). The molecule has 1 aliphatic rings. The lowest BCUT2D eigenvalue weighted by atomic mass is 10.2. The molecule has 0 radical (unpaired) electrons. The van der Waals surface area contributed by atoms with Gasteiger partial charge in [0.25, 0.3) is 0 Å². The fraction of sp³-hybridized carbons (Fsp3) is 0.300. The predicted octanol–water partition coefficient (Wildman–Crippen LogP) is 3.85. The molecule has 6 heteroatoms. The molecule has 2 aromatic carbocycles. The van der Waals surface area contributed by atoms with Crippen molar-refractivity contribution >= 4 is 27.7 Å². The molecule has 4 nitrogen and oxygen atoms in total. The quantitative estimate of drug-likeness (QED) is 0.778. The molecular weight excluding hydrogens is 368 g/mol. The first kappa shape index (κ1) is 19.1. The monoisotopic (exact) mass is 390 g/mol. The minimum Gasteiger partial charge on any atom is -0.298 e. The molecule has 0 amide bonds. The van der Waals surface area contributed by atoms with Crippen molar-refractivity contribution in [2.75, 3.05) is 26.2 Å². The summed E-state index contributed by atoms with van der Waals surface area (Å²) in [5, 5.41) is 2.05. The summed E-state index contributed by atoms with van der Waals surface area (Å²) in [6, 6.07) is 17.3. The fourth-order valence-corrected chi connectivity index (χ4v) is 4.37. The van der Waals surface area contributed by atoms with Crippen LogP contribution in [0.1, 0.15) is 17.5 Å². The summed E-state index contributed by atoms with van der Waals surface area (Å²) in [5.41, 5.74) is 2.07. The van der Waals surface area contributed by atoms with Gasteiger partial charge >= 0.3 is 0 Å². The molecule has 138 valence electrons. The average molecular weight is 391 g/mol. The van der Waals surface area contributed by atoms with Gasteiger partial charge in [-0.3, -0.25) is 4.90 Å². The zero-order valence-electron chi connectivity index (χ0n) is 14.6. The molecule has 0 N–H and O–H groups in total. The molecule has 1 aliphatic heterocycles. The molecule has 1 fully saturated rings. The number of sulfonamides is 1. The Morgan fingerprint density at radius 1 is 0.923 bits per heavy atom. The van der Waals surface area contributed by atoms with Crippen LogP contribution in [0.25, 0.3) is 6.08 Å². The van der Waals surface area contributed by atoms with Gasteiger partial charge < -0.3 is 0 Å². The Labute approximate surface area is 160 Å². The van der Waals surface area contributed by atoms with Gasteiger partial charge in [0.15, 0.2) is 0 Å². The molecule has 0 aromatic heterocycles. The summed E-state index contributed by atoms with van der Waals surface area (Å²) in [6.45, 7) is 3.48. The van der Waals surface area contributed by atoms with Crippen molar-refractivity contribution in [3.05, 3.63) is 76.2 Å². The molecule has 0 spiro atoms. The van der Waals surface area contributed by atoms with E-state index in [9.17, 15) is 8.42 Å². The van der Waals surface area contributed by atoms with Crippen LogP contribution in [0.2, 0.25) is 5.02 Å². The van der Waals surface area contributed by atoms with E-state index >= 15 is 0 Å². The van der Waals surface area contributed by atoms with Crippen molar-refractivity contribution < 1.29 is 8.42 Å². The molecular formula is C20H23ClN2O2S. The normalized spacial score (nSPS) is 17.4. The lowest BCUT2D eigenvalue weighted by Crippen LogP contribution is -2.33. The minimum absolute atomic E-state index is 0.509. The second-order valence-electron chi connectivity index (χ2n) is 6.41. The van der Waals surface area contributed by atoms with Gasteiger partial charge in [-0.2, -0.15) is 4.31 Å². The molecule has 26 heavy (non-hydrogen) atoms. The highest BCUT2D eigenvalue weighted by molar-refractivity contribution is 7.92. The summed E-state index contributed by atoms with van der Waals surface area (Å²) in [7, 11) is -3.40. The number of nitrogens with zero attached hydrogens (tertiary/aromatic N) is 2. The Morgan fingerprint density at radius 3 is 2.38 bits per heavy atom. The standard InChI is InChI=1S/C20H23ClN2O2S/c21-20-9-7-19(8-10-20)17-22-12-4-13-23(15-14-22)26(24,25)16-11-18-5-2-1-3-6-18/h1-3,5-11,16H,4,12-15,17H2/b16-11+. The summed E-state index contributed by atoms with van der Waals surface area (Å²) < 4.78 is 26.8. The zero-order valence-corrected chi connectivity index (χ0v) is 16.2. The summed E-state index contributed by atoms with van der Waals surface area (Å²) in [4.78, 5) is 2.29. The topological polar surface area (TPSA) is 40.6 Å². The van der Waals surface area contributed by atoms with Crippen LogP contribution in [0.15, 0.2) is 60.0 Å². The van der Waals surface area contributed by atoms with E-state index in [4.69, 9.17) is 11.6 Å². The molecule has 0 unspecified atom stereocenters. The van der Waals surface area contributed by atoms with Crippen molar-refractivity contribution in [3.63, 3.8) is 0 Å². The van der Waals surface area contributed by atoms with Crippen molar-refractivity contribution in [3.8, 4) is 0 Å². The van der Waals surface area contributed by atoms with Crippen LogP contribution in [0.3, 0.4) is 0 Å². The smallest absolute Gasteiger partial charge is 0.236 e. The van der Waals surface area contributed by atoms with Crippen molar-refractivity contribution in [2.24, 2.45) is 0 Å². The third kappa shape index (κ3) is 5.42. The number of hydrogen-bond acceptors (Lipinski definition) is 3. The molecule has 0 aliphatic carbocycles.